The summed E-state index contributed by atoms with van der Waals surface area (Å²) < 4.78 is 19.5. The SMILES string of the molecule is CC(C)(CCO)CNC(=O)Nc1ccc(OC2CCC2)c(F)c1. The Morgan fingerprint density at radius 1 is 1.43 bits per heavy atom. The van der Waals surface area contributed by atoms with Crippen molar-refractivity contribution in [2.24, 2.45) is 5.41 Å². The van der Waals surface area contributed by atoms with Crippen LogP contribution >= 0.6 is 0 Å². The fraction of sp³-hybridized carbons (Fsp3) is 0.588. The highest BCUT2D eigenvalue weighted by Crippen LogP contribution is 2.28. The summed E-state index contributed by atoms with van der Waals surface area (Å²) in [5.74, 6) is -0.250. The Bertz CT molecular complexity index is 545. The van der Waals surface area contributed by atoms with Crippen LogP contribution < -0.4 is 15.4 Å². The quantitative estimate of drug-likeness (QED) is 0.721. The van der Waals surface area contributed by atoms with E-state index in [-0.39, 0.29) is 23.9 Å². The molecule has 0 radical (unpaired) electrons. The fourth-order valence-corrected chi connectivity index (χ4v) is 2.23. The first-order valence-electron chi connectivity index (χ1n) is 8.01. The molecule has 1 aromatic carbocycles. The number of aliphatic hydroxyl groups excluding tert-OH is 1. The van der Waals surface area contributed by atoms with Crippen LogP contribution in [0.4, 0.5) is 14.9 Å². The fourth-order valence-electron chi connectivity index (χ4n) is 2.23. The smallest absolute Gasteiger partial charge is 0.319 e. The zero-order valence-corrected chi connectivity index (χ0v) is 13.7. The van der Waals surface area contributed by atoms with Crippen molar-refractivity contribution in [1.82, 2.24) is 5.32 Å². The standard InChI is InChI=1S/C17H25FN2O3/c1-17(2,8-9-21)11-19-16(22)20-12-6-7-15(14(18)10-12)23-13-4-3-5-13/h6-7,10,13,21H,3-5,8-9,11H2,1-2H3,(H2,19,20,22). The van der Waals surface area contributed by atoms with Crippen LogP contribution in [0.2, 0.25) is 0 Å². The molecule has 2 amide bonds. The van der Waals surface area contributed by atoms with Crippen molar-refractivity contribution in [2.75, 3.05) is 18.5 Å². The number of rotatable bonds is 7. The number of hydrogen-bond donors (Lipinski definition) is 3. The van der Waals surface area contributed by atoms with Gasteiger partial charge in [-0.25, -0.2) is 9.18 Å². The molecule has 0 bridgehead atoms. The van der Waals surface area contributed by atoms with Crippen LogP contribution in [0.1, 0.15) is 39.5 Å². The number of ether oxygens (including phenoxy) is 1. The van der Waals surface area contributed by atoms with Crippen LogP contribution in [0.15, 0.2) is 18.2 Å². The van der Waals surface area contributed by atoms with Crippen molar-refractivity contribution in [1.29, 1.82) is 0 Å². The van der Waals surface area contributed by atoms with Gasteiger partial charge in [0.15, 0.2) is 11.6 Å². The zero-order valence-electron chi connectivity index (χ0n) is 13.7. The number of urea groups is 1. The molecule has 0 saturated heterocycles. The number of amides is 2. The van der Waals surface area contributed by atoms with E-state index in [1.165, 1.54) is 6.07 Å². The molecule has 0 atom stereocenters. The molecule has 0 spiro atoms. The summed E-state index contributed by atoms with van der Waals surface area (Å²) in [6.45, 7) is 4.40. The molecular formula is C17H25FN2O3. The van der Waals surface area contributed by atoms with Crippen LogP contribution in [0.3, 0.4) is 0 Å². The number of nitrogens with one attached hydrogen (secondary N) is 2. The molecule has 1 aliphatic rings. The first kappa shape index (κ1) is 17.5. The number of anilines is 1. The van der Waals surface area contributed by atoms with Gasteiger partial charge in [0.1, 0.15) is 0 Å². The van der Waals surface area contributed by atoms with E-state index in [2.05, 4.69) is 10.6 Å². The number of hydrogen-bond acceptors (Lipinski definition) is 3. The van der Waals surface area contributed by atoms with E-state index >= 15 is 0 Å². The molecule has 2 rings (SSSR count). The van der Waals surface area contributed by atoms with Crippen LogP contribution in [-0.4, -0.2) is 30.4 Å². The van der Waals surface area contributed by atoms with E-state index < -0.39 is 11.8 Å². The van der Waals surface area contributed by atoms with Gasteiger partial charge in [-0.2, -0.15) is 0 Å². The average Bonchev–Trinajstić information content (AvgIpc) is 2.42. The second-order valence-electron chi connectivity index (χ2n) is 6.76. The second-order valence-corrected chi connectivity index (χ2v) is 6.76. The van der Waals surface area contributed by atoms with E-state index in [1.54, 1.807) is 12.1 Å². The number of aliphatic hydroxyl groups is 1. The molecular weight excluding hydrogens is 299 g/mol. The summed E-state index contributed by atoms with van der Waals surface area (Å²) >= 11 is 0. The molecule has 3 N–H and O–H groups in total. The van der Waals surface area contributed by atoms with Gasteiger partial charge in [0.25, 0.3) is 0 Å². The van der Waals surface area contributed by atoms with Gasteiger partial charge in [-0.1, -0.05) is 13.8 Å². The first-order chi connectivity index (χ1) is 10.9. The van der Waals surface area contributed by atoms with Gasteiger partial charge < -0.3 is 20.5 Å². The molecule has 1 fully saturated rings. The number of benzene rings is 1. The predicted molar refractivity (Wildman–Crippen MR) is 87.2 cm³/mol. The van der Waals surface area contributed by atoms with Crippen molar-refractivity contribution < 1.29 is 19.0 Å². The molecule has 0 unspecified atom stereocenters. The van der Waals surface area contributed by atoms with Gasteiger partial charge in [0.2, 0.25) is 0 Å². The Hall–Kier alpha value is -1.82. The van der Waals surface area contributed by atoms with E-state index in [1.807, 2.05) is 13.8 Å². The molecule has 0 heterocycles. The third kappa shape index (κ3) is 5.39. The third-order valence-corrected chi connectivity index (χ3v) is 4.05. The maximum absolute atomic E-state index is 14.0. The maximum Gasteiger partial charge on any atom is 0.319 e. The van der Waals surface area contributed by atoms with E-state index in [0.717, 1.165) is 19.3 Å². The Labute approximate surface area is 136 Å². The first-order valence-corrected chi connectivity index (χ1v) is 8.01. The van der Waals surface area contributed by atoms with Gasteiger partial charge >= 0.3 is 6.03 Å². The molecule has 1 aliphatic carbocycles. The highest BCUT2D eigenvalue weighted by Gasteiger charge is 2.21. The van der Waals surface area contributed by atoms with Crippen molar-refractivity contribution in [2.45, 2.75) is 45.6 Å². The van der Waals surface area contributed by atoms with Crippen molar-refractivity contribution >= 4 is 11.7 Å². The molecule has 23 heavy (non-hydrogen) atoms. The molecule has 0 aliphatic heterocycles. The van der Waals surface area contributed by atoms with E-state index in [0.29, 0.717) is 18.7 Å². The van der Waals surface area contributed by atoms with Gasteiger partial charge in [-0.3, -0.25) is 0 Å². The minimum Gasteiger partial charge on any atom is -0.487 e. The normalized spacial score (nSPS) is 15.0. The van der Waals surface area contributed by atoms with Crippen LogP contribution in [0.5, 0.6) is 5.75 Å². The number of carbonyl (C=O) groups excluding carboxylic acids is 1. The molecule has 1 aromatic rings. The van der Waals surface area contributed by atoms with Gasteiger partial charge in [0.05, 0.1) is 6.10 Å². The van der Waals surface area contributed by atoms with Crippen molar-refractivity contribution in [3.05, 3.63) is 24.0 Å². The lowest BCUT2D eigenvalue weighted by Gasteiger charge is -2.26. The minimum atomic E-state index is -0.477. The maximum atomic E-state index is 14.0. The van der Waals surface area contributed by atoms with E-state index in [9.17, 15) is 9.18 Å². The lowest BCUT2D eigenvalue weighted by atomic mass is 9.90. The number of halogens is 1. The molecule has 1 saturated carbocycles. The topological polar surface area (TPSA) is 70.6 Å². The van der Waals surface area contributed by atoms with Gasteiger partial charge in [-0.15, -0.1) is 0 Å². The second kappa shape index (κ2) is 7.64. The average molecular weight is 324 g/mol. The van der Waals surface area contributed by atoms with Crippen molar-refractivity contribution in [3.63, 3.8) is 0 Å². The highest BCUT2D eigenvalue weighted by atomic mass is 19.1. The Morgan fingerprint density at radius 2 is 2.17 bits per heavy atom. The molecule has 6 heteroatoms. The molecule has 0 aromatic heterocycles. The van der Waals surface area contributed by atoms with E-state index in [4.69, 9.17) is 9.84 Å². The summed E-state index contributed by atoms with van der Waals surface area (Å²) in [7, 11) is 0. The lowest BCUT2D eigenvalue weighted by molar-refractivity contribution is 0.115. The largest absolute Gasteiger partial charge is 0.487 e. The highest BCUT2D eigenvalue weighted by molar-refractivity contribution is 5.89. The third-order valence-electron chi connectivity index (χ3n) is 4.05. The summed E-state index contributed by atoms with van der Waals surface area (Å²) in [6, 6.07) is 4.02. The minimum absolute atomic E-state index is 0.0734. The lowest BCUT2D eigenvalue weighted by Crippen LogP contribution is -2.37. The summed E-state index contributed by atoms with van der Waals surface area (Å²) in [6.07, 6.45) is 3.76. The van der Waals surface area contributed by atoms with Crippen molar-refractivity contribution in [3.8, 4) is 5.75 Å². The Morgan fingerprint density at radius 3 is 2.74 bits per heavy atom. The van der Waals surface area contributed by atoms with Gasteiger partial charge in [-0.05, 0) is 43.2 Å². The summed E-state index contributed by atoms with van der Waals surface area (Å²) in [5.41, 5.74) is 0.179. The predicted octanol–water partition coefficient (Wildman–Crippen LogP) is 3.29. The van der Waals surface area contributed by atoms with Crippen LogP contribution in [-0.2, 0) is 0 Å². The molecule has 5 nitrogen and oxygen atoms in total. The van der Waals surface area contributed by atoms with Crippen LogP contribution in [0.25, 0.3) is 0 Å². The Balaban J connectivity index is 1.84. The monoisotopic (exact) mass is 324 g/mol. The molecule has 128 valence electrons. The Kier molecular flexibility index (Phi) is 5.82. The zero-order chi connectivity index (χ0) is 16.9. The van der Waals surface area contributed by atoms with Gasteiger partial charge in [0, 0.05) is 24.9 Å². The number of carbonyl (C=O) groups is 1. The summed E-state index contributed by atoms with van der Waals surface area (Å²) in [5, 5.41) is 14.3. The van der Waals surface area contributed by atoms with Crippen LogP contribution in [0, 0.1) is 11.2 Å². The summed E-state index contributed by atoms with van der Waals surface area (Å²) in [4.78, 5) is 11.9.